The first-order valence-corrected chi connectivity index (χ1v) is 5.87. The number of ketones is 1. The molecule has 0 aliphatic heterocycles. The minimum Gasteiger partial charge on any atom is -0.488 e. The fraction of sp³-hybridized carbons (Fsp3) is 0.167. The number of hydrogen-bond donors (Lipinski definition) is 0. The van der Waals surface area contributed by atoms with Gasteiger partial charge in [-0.2, -0.15) is 0 Å². The van der Waals surface area contributed by atoms with E-state index in [2.05, 4.69) is 12.8 Å². The third-order valence-electron chi connectivity index (χ3n) is 2.50. The molecule has 0 saturated heterocycles. The maximum absolute atomic E-state index is 11.4. The number of para-hydroxylation sites is 1. The highest BCUT2D eigenvalue weighted by molar-refractivity contribution is 5.96. The standard InChI is InChI=1S/C15H14O2.C2H2.CH4/c1-12(16)14-9-5-6-10-15(14)17-11-13-7-3-2-4-8-13;1-2;/h2-10H,11H2,1H3;1-2H;1H4. The van der Waals surface area contributed by atoms with Crippen molar-refractivity contribution in [3.8, 4) is 18.6 Å². The summed E-state index contributed by atoms with van der Waals surface area (Å²) in [4.78, 5) is 11.4. The van der Waals surface area contributed by atoms with Crippen LogP contribution >= 0.6 is 0 Å². The van der Waals surface area contributed by atoms with Gasteiger partial charge in [0.05, 0.1) is 5.56 Å². The average Bonchev–Trinajstić information content (AvgIpc) is 2.48. The third-order valence-corrected chi connectivity index (χ3v) is 2.50. The molecular weight excluding hydrogens is 248 g/mol. The third kappa shape index (κ3) is 4.99. The van der Waals surface area contributed by atoms with Crippen molar-refractivity contribution in [2.75, 3.05) is 0 Å². The summed E-state index contributed by atoms with van der Waals surface area (Å²) in [6, 6.07) is 17.2. The molecule has 104 valence electrons. The molecule has 0 fully saturated rings. The molecule has 0 amide bonds. The molecule has 0 saturated carbocycles. The van der Waals surface area contributed by atoms with Gasteiger partial charge in [0.2, 0.25) is 0 Å². The lowest BCUT2D eigenvalue weighted by Crippen LogP contribution is -2.01. The van der Waals surface area contributed by atoms with Gasteiger partial charge in [0, 0.05) is 0 Å². The van der Waals surface area contributed by atoms with Crippen LogP contribution in [0.25, 0.3) is 0 Å². The summed E-state index contributed by atoms with van der Waals surface area (Å²) in [5, 5.41) is 0. The van der Waals surface area contributed by atoms with Gasteiger partial charge in [0.1, 0.15) is 12.4 Å². The highest BCUT2D eigenvalue weighted by atomic mass is 16.5. The van der Waals surface area contributed by atoms with Crippen LogP contribution < -0.4 is 4.74 Å². The molecule has 2 rings (SSSR count). The van der Waals surface area contributed by atoms with Crippen LogP contribution in [0.1, 0.15) is 30.3 Å². The monoisotopic (exact) mass is 268 g/mol. The van der Waals surface area contributed by atoms with Crippen molar-refractivity contribution in [2.24, 2.45) is 0 Å². The van der Waals surface area contributed by atoms with Crippen LogP contribution in [0.4, 0.5) is 0 Å². The van der Waals surface area contributed by atoms with Crippen molar-refractivity contribution in [1.29, 1.82) is 0 Å². The van der Waals surface area contributed by atoms with Crippen LogP contribution in [0.3, 0.4) is 0 Å². The highest BCUT2D eigenvalue weighted by Gasteiger charge is 2.06. The van der Waals surface area contributed by atoms with Crippen LogP contribution in [0.15, 0.2) is 54.6 Å². The van der Waals surface area contributed by atoms with Gasteiger partial charge < -0.3 is 4.74 Å². The van der Waals surface area contributed by atoms with Gasteiger partial charge in [-0.1, -0.05) is 49.9 Å². The Hall–Kier alpha value is -2.53. The van der Waals surface area contributed by atoms with E-state index < -0.39 is 0 Å². The Morgan fingerprint density at radius 1 is 1.00 bits per heavy atom. The van der Waals surface area contributed by atoms with Crippen molar-refractivity contribution < 1.29 is 9.53 Å². The summed E-state index contributed by atoms with van der Waals surface area (Å²) >= 11 is 0. The highest BCUT2D eigenvalue weighted by Crippen LogP contribution is 2.19. The maximum Gasteiger partial charge on any atom is 0.163 e. The molecule has 2 heteroatoms. The zero-order valence-electron chi connectivity index (χ0n) is 10.9. The van der Waals surface area contributed by atoms with Gasteiger partial charge in [0.25, 0.3) is 0 Å². The molecule has 2 nitrogen and oxygen atoms in total. The Labute approximate surface area is 121 Å². The van der Waals surface area contributed by atoms with E-state index in [1.165, 1.54) is 0 Å². The van der Waals surface area contributed by atoms with Crippen LogP contribution in [0.2, 0.25) is 0 Å². The molecule has 2 aromatic rings. The molecule has 0 spiro atoms. The average molecular weight is 268 g/mol. The number of terminal acetylenes is 1. The van der Waals surface area contributed by atoms with E-state index in [1.807, 2.05) is 48.5 Å². The van der Waals surface area contributed by atoms with E-state index in [4.69, 9.17) is 4.74 Å². The Morgan fingerprint density at radius 3 is 2.15 bits per heavy atom. The van der Waals surface area contributed by atoms with Gasteiger partial charge >= 0.3 is 0 Å². The molecule has 0 bridgehead atoms. The fourth-order valence-electron chi connectivity index (χ4n) is 1.62. The van der Waals surface area contributed by atoms with Gasteiger partial charge in [-0.3, -0.25) is 4.79 Å². The van der Waals surface area contributed by atoms with Gasteiger partial charge in [-0.05, 0) is 24.6 Å². The minimum absolute atomic E-state index is 0. The Kier molecular flexibility index (Phi) is 8.22. The van der Waals surface area contributed by atoms with Crippen molar-refractivity contribution >= 4 is 5.78 Å². The number of ether oxygens (including phenoxy) is 1. The summed E-state index contributed by atoms with van der Waals surface area (Å²) < 4.78 is 5.66. The van der Waals surface area contributed by atoms with Crippen LogP contribution in [0.5, 0.6) is 5.75 Å². The molecule has 0 unspecified atom stereocenters. The second kappa shape index (κ2) is 9.41. The number of benzene rings is 2. The lowest BCUT2D eigenvalue weighted by atomic mass is 10.1. The lowest BCUT2D eigenvalue weighted by molar-refractivity contribution is 0.101. The molecule has 0 heterocycles. The van der Waals surface area contributed by atoms with E-state index in [0.29, 0.717) is 17.9 Å². The Balaban J connectivity index is 0.00000115. The summed E-state index contributed by atoms with van der Waals surface area (Å²) in [6.07, 6.45) is 8.00. The predicted octanol–water partition coefficient (Wildman–Crippen LogP) is 4.35. The Morgan fingerprint density at radius 2 is 1.55 bits per heavy atom. The Bertz CT molecular complexity index is 542. The first-order valence-electron chi connectivity index (χ1n) is 5.87. The van der Waals surface area contributed by atoms with Crippen LogP contribution in [0, 0.1) is 12.8 Å². The first kappa shape index (κ1) is 17.5. The molecular formula is C18H20O2. The molecule has 0 aliphatic carbocycles. The van der Waals surface area contributed by atoms with Crippen molar-refractivity contribution in [3.63, 3.8) is 0 Å². The number of Topliss-reactive ketones (excluding diaryl/α,β-unsaturated/α-hetero) is 1. The predicted molar refractivity (Wildman–Crippen MR) is 83.8 cm³/mol. The molecule has 0 N–H and O–H groups in total. The van der Waals surface area contributed by atoms with E-state index >= 15 is 0 Å². The summed E-state index contributed by atoms with van der Waals surface area (Å²) in [6.45, 7) is 2.02. The summed E-state index contributed by atoms with van der Waals surface area (Å²) in [5.74, 6) is 0.664. The largest absolute Gasteiger partial charge is 0.488 e. The number of carbonyl (C=O) groups excluding carboxylic acids is 1. The maximum atomic E-state index is 11.4. The fourth-order valence-corrected chi connectivity index (χ4v) is 1.62. The van der Waals surface area contributed by atoms with E-state index in [1.54, 1.807) is 13.0 Å². The second-order valence-electron chi connectivity index (χ2n) is 3.83. The molecule has 0 aliphatic rings. The topological polar surface area (TPSA) is 26.3 Å². The second-order valence-corrected chi connectivity index (χ2v) is 3.83. The number of hydrogen-bond acceptors (Lipinski definition) is 2. The van der Waals surface area contributed by atoms with Gasteiger partial charge in [0.15, 0.2) is 5.78 Å². The van der Waals surface area contributed by atoms with Crippen LogP contribution in [-0.2, 0) is 6.61 Å². The minimum atomic E-state index is 0. The smallest absolute Gasteiger partial charge is 0.163 e. The summed E-state index contributed by atoms with van der Waals surface area (Å²) in [7, 11) is 0. The lowest BCUT2D eigenvalue weighted by Gasteiger charge is -2.09. The number of carbonyl (C=O) groups is 1. The first-order chi connectivity index (χ1) is 9.27. The zero-order valence-corrected chi connectivity index (χ0v) is 10.9. The molecule has 0 radical (unpaired) electrons. The molecule has 0 aromatic heterocycles. The van der Waals surface area contributed by atoms with Gasteiger partial charge in [-0.15, -0.1) is 12.8 Å². The summed E-state index contributed by atoms with van der Waals surface area (Å²) in [5.41, 5.74) is 1.72. The van der Waals surface area contributed by atoms with E-state index in [-0.39, 0.29) is 13.2 Å². The van der Waals surface area contributed by atoms with Crippen molar-refractivity contribution in [1.82, 2.24) is 0 Å². The molecule has 0 atom stereocenters. The quantitative estimate of drug-likeness (QED) is 0.608. The SMILES string of the molecule is C.C#C.CC(=O)c1ccccc1OCc1ccccc1. The van der Waals surface area contributed by atoms with Crippen LogP contribution in [-0.4, -0.2) is 5.78 Å². The normalized spacial score (nSPS) is 8.55. The van der Waals surface area contributed by atoms with E-state index in [9.17, 15) is 4.79 Å². The molecule has 20 heavy (non-hydrogen) atoms. The van der Waals surface area contributed by atoms with E-state index in [0.717, 1.165) is 5.56 Å². The molecule has 2 aromatic carbocycles. The van der Waals surface area contributed by atoms with Gasteiger partial charge in [-0.25, -0.2) is 0 Å². The number of rotatable bonds is 4. The van der Waals surface area contributed by atoms with Crippen molar-refractivity contribution in [3.05, 3.63) is 65.7 Å². The van der Waals surface area contributed by atoms with Crippen molar-refractivity contribution in [2.45, 2.75) is 21.0 Å². The zero-order chi connectivity index (χ0) is 14.1.